The fraction of sp³-hybridized carbons (Fsp3) is 0.750. The lowest BCUT2D eigenvalue weighted by molar-refractivity contribution is 0.560. The van der Waals surface area contributed by atoms with Gasteiger partial charge in [0.05, 0.1) is 24.3 Å². The maximum atomic E-state index is 13.5. The van der Waals surface area contributed by atoms with Gasteiger partial charge in [-0.1, -0.05) is 0 Å². The molecule has 0 saturated heterocycles. The minimum Gasteiger partial charge on any atom is -0.316 e. The molecule has 6 nitrogen and oxygen atoms in total. The Kier molecular flexibility index (Phi) is 12.0. The second-order valence-corrected chi connectivity index (χ2v) is 15.2. The van der Waals surface area contributed by atoms with Crippen LogP contribution in [0.3, 0.4) is 0 Å². The summed E-state index contributed by atoms with van der Waals surface area (Å²) in [5.74, 6) is 0. The van der Waals surface area contributed by atoms with Crippen molar-refractivity contribution >= 4 is 13.7 Å². The molecule has 0 atom stereocenters. The van der Waals surface area contributed by atoms with E-state index in [9.17, 15) is 9.13 Å². The van der Waals surface area contributed by atoms with Gasteiger partial charge >= 0.3 is 0 Å². The zero-order valence-electron chi connectivity index (χ0n) is 14.0. The van der Waals surface area contributed by atoms with E-state index < -0.39 is 13.7 Å². The Bertz CT molecular complexity index is 530. The quantitative estimate of drug-likeness (QED) is 0.338. The van der Waals surface area contributed by atoms with Crippen molar-refractivity contribution in [3.63, 3.8) is 0 Å². The van der Waals surface area contributed by atoms with Crippen LogP contribution in [0.2, 0.25) is 0 Å². The van der Waals surface area contributed by atoms with Crippen LogP contribution in [-0.2, 0) is 9.13 Å². The minimum absolute atomic E-state index is 0.252. The molecule has 0 rings (SSSR count). The van der Waals surface area contributed by atoms with Crippen molar-refractivity contribution in [3.8, 4) is 24.3 Å². The molecule has 0 aliphatic rings. The molecular weight excluding hydrogens is 342 g/mol. The number of nitriles is 4. The first kappa shape index (κ1) is 22.4. The van der Waals surface area contributed by atoms with Crippen LogP contribution in [0.15, 0.2) is 0 Å². The van der Waals surface area contributed by atoms with Crippen molar-refractivity contribution < 1.29 is 9.13 Å². The van der Waals surface area contributed by atoms with Crippen LogP contribution in [-0.4, -0.2) is 24.6 Å². The van der Waals surface area contributed by atoms with Crippen LogP contribution in [0.4, 0.5) is 0 Å². The summed E-state index contributed by atoms with van der Waals surface area (Å²) in [6.45, 7) is -6.09. The third-order valence-corrected chi connectivity index (χ3v) is 15.6. The van der Waals surface area contributed by atoms with Crippen LogP contribution in [0.5, 0.6) is 0 Å². The molecule has 0 N–H and O–H groups in total. The third kappa shape index (κ3) is 7.80. The maximum absolute atomic E-state index is 13.5. The van der Waals surface area contributed by atoms with E-state index in [0.717, 1.165) is 0 Å². The zero-order valence-corrected chi connectivity index (χ0v) is 15.8. The fourth-order valence-electron chi connectivity index (χ4n) is 2.57. The molecule has 0 aromatic rings. The highest BCUT2D eigenvalue weighted by Gasteiger charge is 2.41. The first-order chi connectivity index (χ1) is 11.5. The van der Waals surface area contributed by atoms with Gasteiger partial charge < -0.3 is 9.13 Å². The van der Waals surface area contributed by atoms with Crippen LogP contribution in [0.25, 0.3) is 0 Å². The summed E-state index contributed by atoms with van der Waals surface area (Å²) in [6, 6.07) is 8.06. The van der Waals surface area contributed by atoms with Gasteiger partial charge in [-0.15, -0.1) is 0 Å². The molecule has 0 heterocycles. The van der Waals surface area contributed by atoms with Gasteiger partial charge in [0.1, 0.15) is 13.7 Å². The van der Waals surface area contributed by atoms with Crippen LogP contribution < -0.4 is 0 Å². The first-order valence-electron chi connectivity index (χ1n) is 8.14. The lowest BCUT2D eigenvalue weighted by atomic mass is 10.4. The molecule has 0 amide bonds. The van der Waals surface area contributed by atoms with E-state index in [0.29, 0.717) is 25.7 Å². The van der Waals surface area contributed by atoms with Crippen LogP contribution in [0, 0.1) is 45.3 Å². The average Bonchev–Trinajstić information content (AvgIpc) is 2.56. The highest BCUT2D eigenvalue weighted by Crippen LogP contribution is 2.82. The van der Waals surface area contributed by atoms with E-state index in [-0.39, 0.29) is 50.3 Å². The molecule has 0 aromatic heterocycles. The molecule has 0 radical (unpaired) electrons. The topological polar surface area (TPSA) is 129 Å². The van der Waals surface area contributed by atoms with Crippen molar-refractivity contribution in [2.45, 2.75) is 51.4 Å². The van der Waals surface area contributed by atoms with Gasteiger partial charge in [-0.25, -0.2) is 0 Å². The van der Waals surface area contributed by atoms with E-state index in [1.807, 2.05) is 24.3 Å². The average molecular weight is 366 g/mol. The molecule has 130 valence electrons. The van der Waals surface area contributed by atoms with Gasteiger partial charge in [-0.2, -0.15) is 21.0 Å². The predicted molar refractivity (Wildman–Crippen MR) is 94.1 cm³/mol. The highest BCUT2D eigenvalue weighted by molar-refractivity contribution is 8.36. The number of rotatable bonds is 13. The molecule has 0 spiro atoms. The van der Waals surface area contributed by atoms with Crippen LogP contribution in [0.1, 0.15) is 51.4 Å². The summed E-state index contributed by atoms with van der Waals surface area (Å²) in [5.41, 5.74) is 0. The molecule has 0 aliphatic carbocycles. The molecule has 24 heavy (non-hydrogen) atoms. The van der Waals surface area contributed by atoms with Gasteiger partial charge in [0.25, 0.3) is 0 Å². The Labute approximate surface area is 144 Å². The number of unbranched alkanes of at least 4 members (excludes halogenated alkanes) is 4. The summed E-state index contributed by atoms with van der Waals surface area (Å²) in [7, 11) is 0. The highest BCUT2D eigenvalue weighted by atomic mass is 32.1. The fourth-order valence-corrected chi connectivity index (χ4v) is 13.2. The third-order valence-electron chi connectivity index (χ3n) is 3.85. The zero-order chi connectivity index (χ0) is 18.3. The molecule has 8 heteroatoms. The minimum atomic E-state index is -3.05. The number of hydrogen-bond donors (Lipinski definition) is 0. The number of nitrogens with zero attached hydrogens (tertiary/aromatic N) is 4. The maximum Gasteiger partial charge on any atom is 0.143 e. The Hall–Kier alpha value is -1.58. The summed E-state index contributed by atoms with van der Waals surface area (Å²) in [4.78, 5) is 0. The molecule has 0 unspecified atom stereocenters. The van der Waals surface area contributed by atoms with Crippen molar-refractivity contribution in [1.29, 1.82) is 21.0 Å². The predicted octanol–water partition coefficient (Wildman–Crippen LogP) is 4.84. The Morgan fingerprint density at radius 1 is 0.500 bits per heavy atom. The van der Waals surface area contributed by atoms with Gasteiger partial charge in [0.15, 0.2) is 0 Å². The standard InChI is InChI=1S/C16H24N4O2P2/c17-9-1-5-13-23(21,14-6-2-10-18)24(22,15-7-3-11-19)16-8-4-12-20/h1-8,13-16H2. The Morgan fingerprint density at radius 3 is 0.875 bits per heavy atom. The van der Waals surface area contributed by atoms with E-state index in [1.165, 1.54) is 0 Å². The summed E-state index contributed by atoms with van der Waals surface area (Å²) < 4.78 is 27.1. The monoisotopic (exact) mass is 366 g/mol. The van der Waals surface area contributed by atoms with Crippen molar-refractivity contribution in [2.75, 3.05) is 24.6 Å². The molecule has 0 fully saturated rings. The number of hydrogen-bond acceptors (Lipinski definition) is 6. The van der Waals surface area contributed by atoms with Crippen molar-refractivity contribution in [1.82, 2.24) is 0 Å². The summed E-state index contributed by atoms with van der Waals surface area (Å²) in [6.07, 6.45) is 3.79. The van der Waals surface area contributed by atoms with Gasteiger partial charge in [0.2, 0.25) is 0 Å². The second-order valence-electron chi connectivity index (χ2n) is 5.63. The summed E-state index contributed by atoms with van der Waals surface area (Å²) in [5, 5.41) is 34.8. The SMILES string of the molecule is N#CCCCP(=O)(CCCC#N)P(=O)(CCCC#N)CCCC#N. The van der Waals surface area contributed by atoms with E-state index in [2.05, 4.69) is 0 Å². The molecule has 0 aliphatic heterocycles. The molecule has 0 aromatic carbocycles. The van der Waals surface area contributed by atoms with Crippen molar-refractivity contribution in [3.05, 3.63) is 0 Å². The van der Waals surface area contributed by atoms with Crippen LogP contribution >= 0.6 is 13.7 Å². The largest absolute Gasteiger partial charge is 0.316 e. The van der Waals surface area contributed by atoms with Gasteiger partial charge in [-0.05, 0) is 25.7 Å². The lowest BCUT2D eigenvalue weighted by Crippen LogP contribution is -2.05. The molecule has 0 saturated carbocycles. The second kappa shape index (κ2) is 12.8. The summed E-state index contributed by atoms with van der Waals surface area (Å²) >= 11 is 0. The van der Waals surface area contributed by atoms with E-state index in [1.54, 1.807) is 0 Å². The Morgan fingerprint density at radius 2 is 0.708 bits per heavy atom. The van der Waals surface area contributed by atoms with Gasteiger partial charge in [0, 0.05) is 50.3 Å². The smallest absolute Gasteiger partial charge is 0.143 e. The normalized spacial score (nSPS) is 11.0. The molecule has 0 bridgehead atoms. The van der Waals surface area contributed by atoms with Crippen molar-refractivity contribution in [2.24, 2.45) is 0 Å². The van der Waals surface area contributed by atoms with E-state index >= 15 is 0 Å². The lowest BCUT2D eigenvalue weighted by Gasteiger charge is -2.28. The molecular formula is C16H24N4O2P2. The first-order valence-corrected chi connectivity index (χ1v) is 13.0. The van der Waals surface area contributed by atoms with E-state index in [4.69, 9.17) is 21.0 Å². The Balaban J connectivity index is 5.34. The van der Waals surface area contributed by atoms with Gasteiger partial charge in [-0.3, -0.25) is 0 Å².